The number of aromatic nitrogens is 2. The van der Waals surface area contributed by atoms with Crippen LogP contribution in [0.5, 0.6) is 0 Å². The molecule has 1 aromatic heterocycles. The highest BCUT2D eigenvalue weighted by Gasteiger charge is 1.91. The second-order valence-electron chi connectivity index (χ2n) is 2.02. The average molecular weight is 201 g/mol. The summed E-state index contributed by atoms with van der Waals surface area (Å²) in [5.74, 6) is 0.438. The van der Waals surface area contributed by atoms with Gasteiger partial charge in [0, 0.05) is 18.9 Å². The summed E-state index contributed by atoms with van der Waals surface area (Å²) in [7, 11) is 0. The molecule has 0 aliphatic carbocycles. The first kappa shape index (κ1) is 11.9. The number of nitrogens with zero attached hydrogens (tertiary/aromatic N) is 4. The number of aliphatic imine (C=N–C) groups is 1. The van der Waals surface area contributed by atoms with Crippen molar-refractivity contribution < 1.29 is 10.3 Å². The van der Waals surface area contributed by atoms with Gasteiger partial charge in [-0.1, -0.05) is 0 Å². The maximum atomic E-state index is 8.36. The first-order valence-electron chi connectivity index (χ1n) is 3.71. The lowest BCUT2D eigenvalue weighted by atomic mass is 10.7. The fraction of sp³-hybridized carbons (Fsp3) is 0.333. The molecule has 0 aromatic carbocycles. The van der Waals surface area contributed by atoms with E-state index in [1.54, 1.807) is 18.5 Å². The fourth-order valence-corrected chi connectivity index (χ4v) is 0.639. The van der Waals surface area contributed by atoms with Crippen LogP contribution in [-0.4, -0.2) is 32.6 Å². The molecule has 0 aliphatic heterocycles. The van der Waals surface area contributed by atoms with Gasteiger partial charge in [0.1, 0.15) is 0 Å². The Hall–Kier alpha value is -2.12. The molecular formula is C6H11N5O3. The van der Waals surface area contributed by atoms with Crippen molar-refractivity contribution in [2.24, 2.45) is 10.7 Å². The molecule has 8 heteroatoms. The number of rotatable bonds is 1. The molecule has 1 rings (SSSR count). The highest BCUT2D eigenvalue weighted by Crippen LogP contribution is 1.81. The zero-order valence-electron chi connectivity index (χ0n) is 7.57. The Morgan fingerprint density at radius 3 is 2.79 bits per heavy atom. The maximum Gasteiger partial charge on any atom is 0.291 e. The van der Waals surface area contributed by atoms with Gasteiger partial charge in [0.05, 0.1) is 0 Å². The van der Waals surface area contributed by atoms with Crippen molar-refractivity contribution in [2.45, 2.75) is 6.92 Å². The van der Waals surface area contributed by atoms with Gasteiger partial charge in [0.25, 0.3) is 5.09 Å². The van der Waals surface area contributed by atoms with Gasteiger partial charge in [-0.15, -0.1) is 10.1 Å². The summed E-state index contributed by atoms with van der Waals surface area (Å²) in [6, 6.07) is 1.80. The molecule has 0 saturated heterocycles. The summed E-state index contributed by atoms with van der Waals surface area (Å²) in [5.41, 5.74) is 5.50. The molecule has 78 valence electrons. The van der Waals surface area contributed by atoms with Crippen molar-refractivity contribution in [1.82, 2.24) is 9.78 Å². The minimum Gasteiger partial charge on any atom is -0.368 e. The average Bonchev–Trinajstić information content (AvgIpc) is 2.55. The van der Waals surface area contributed by atoms with Gasteiger partial charge in [0.15, 0.2) is 0 Å². The summed E-state index contributed by atoms with van der Waals surface area (Å²) in [5, 5.41) is 17.5. The van der Waals surface area contributed by atoms with Crippen molar-refractivity contribution in [3.05, 3.63) is 28.6 Å². The topological polar surface area (TPSA) is 120 Å². The van der Waals surface area contributed by atoms with Crippen LogP contribution < -0.4 is 5.73 Å². The van der Waals surface area contributed by atoms with E-state index in [9.17, 15) is 0 Å². The van der Waals surface area contributed by atoms with E-state index >= 15 is 0 Å². The first-order chi connectivity index (χ1) is 6.57. The quantitative estimate of drug-likeness (QED) is 0.280. The minimum absolute atomic E-state index is 0.438. The third kappa shape index (κ3) is 5.52. The van der Waals surface area contributed by atoms with Crippen LogP contribution in [0.15, 0.2) is 23.5 Å². The Morgan fingerprint density at radius 1 is 1.86 bits per heavy atom. The highest BCUT2D eigenvalue weighted by atomic mass is 16.9. The van der Waals surface area contributed by atoms with Crippen molar-refractivity contribution in [1.29, 1.82) is 0 Å². The normalized spacial score (nSPS) is 10.2. The molecule has 0 bridgehead atoms. The Labute approximate surface area is 79.8 Å². The highest BCUT2D eigenvalue weighted by molar-refractivity contribution is 5.79. The minimum atomic E-state index is -1.50. The molecule has 0 spiro atoms. The number of hydrogen-bond donors (Lipinski definition) is 2. The second-order valence-corrected chi connectivity index (χ2v) is 2.02. The van der Waals surface area contributed by atoms with Gasteiger partial charge >= 0.3 is 0 Å². The van der Waals surface area contributed by atoms with E-state index in [0.29, 0.717) is 12.5 Å². The van der Waals surface area contributed by atoms with Crippen molar-refractivity contribution >= 4 is 5.96 Å². The molecule has 1 heterocycles. The molecular weight excluding hydrogens is 190 g/mol. The molecule has 1 aromatic rings. The Balaban J connectivity index is 0.000000364. The fourth-order valence-electron chi connectivity index (χ4n) is 0.639. The molecule has 0 fully saturated rings. The predicted molar refractivity (Wildman–Crippen MR) is 48.6 cm³/mol. The molecule has 0 unspecified atom stereocenters. The molecule has 14 heavy (non-hydrogen) atoms. The summed E-state index contributed by atoms with van der Waals surface area (Å²) >= 11 is 0. The molecule has 0 saturated carbocycles. The van der Waals surface area contributed by atoms with E-state index < -0.39 is 5.09 Å². The molecule has 0 atom stereocenters. The van der Waals surface area contributed by atoms with Crippen LogP contribution in [0.4, 0.5) is 0 Å². The van der Waals surface area contributed by atoms with Gasteiger partial charge in [0.2, 0.25) is 5.96 Å². The van der Waals surface area contributed by atoms with Crippen molar-refractivity contribution in [2.75, 3.05) is 6.54 Å². The zero-order chi connectivity index (χ0) is 11.0. The van der Waals surface area contributed by atoms with Gasteiger partial charge < -0.3 is 10.9 Å². The largest absolute Gasteiger partial charge is 0.368 e. The number of nitrogens with two attached hydrogens (primary N) is 1. The van der Waals surface area contributed by atoms with Crippen molar-refractivity contribution in [3.63, 3.8) is 0 Å². The SMILES string of the molecule is CCN=C(N)n1cccn1.O=[N+]([O-])O. The van der Waals surface area contributed by atoms with E-state index in [1.165, 1.54) is 4.68 Å². The molecule has 0 radical (unpaired) electrons. The monoisotopic (exact) mass is 201 g/mol. The summed E-state index contributed by atoms with van der Waals surface area (Å²) in [6.07, 6.45) is 3.42. The smallest absolute Gasteiger partial charge is 0.291 e. The Bertz CT molecular complexity index is 290. The van der Waals surface area contributed by atoms with Crippen LogP contribution in [0.1, 0.15) is 6.92 Å². The van der Waals surface area contributed by atoms with Crippen LogP contribution in [0.2, 0.25) is 0 Å². The van der Waals surface area contributed by atoms with Gasteiger partial charge in [-0.05, 0) is 13.0 Å². The van der Waals surface area contributed by atoms with E-state index in [-0.39, 0.29) is 0 Å². The van der Waals surface area contributed by atoms with Crippen LogP contribution in [0.3, 0.4) is 0 Å². The molecule has 0 aliphatic rings. The Morgan fingerprint density at radius 2 is 2.43 bits per heavy atom. The first-order valence-corrected chi connectivity index (χ1v) is 3.71. The predicted octanol–water partition coefficient (Wildman–Crippen LogP) is -0.282. The third-order valence-electron chi connectivity index (χ3n) is 1.06. The van der Waals surface area contributed by atoms with Crippen LogP contribution in [-0.2, 0) is 0 Å². The lowest BCUT2D eigenvalue weighted by molar-refractivity contribution is -0.742. The standard InChI is InChI=1S/C6H10N4.HNO3/c1-2-8-6(7)10-5-3-4-9-10;2-1(3)4/h3-5H,2H2,1H3,(H2,7,8);(H,2,3,4). The Kier molecular flexibility index (Phi) is 5.43. The molecule has 8 nitrogen and oxygen atoms in total. The maximum absolute atomic E-state index is 8.36. The van der Waals surface area contributed by atoms with Crippen LogP contribution in [0, 0.1) is 10.1 Å². The summed E-state index contributed by atoms with van der Waals surface area (Å²) in [6.45, 7) is 2.61. The van der Waals surface area contributed by atoms with E-state index in [1.807, 2.05) is 6.92 Å². The van der Waals surface area contributed by atoms with Crippen LogP contribution in [0.25, 0.3) is 0 Å². The van der Waals surface area contributed by atoms with Gasteiger partial charge in [-0.3, -0.25) is 4.99 Å². The second kappa shape index (κ2) is 6.40. The van der Waals surface area contributed by atoms with Gasteiger partial charge in [-0.25, -0.2) is 4.68 Å². The molecule has 3 N–H and O–H groups in total. The van der Waals surface area contributed by atoms with E-state index in [2.05, 4.69) is 10.1 Å². The van der Waals surface area contributed by atoms with E-state index in [4.69, 9.17) is 21.1 Å². The number of hydrogen-bond acceptors (Lipinski definition) is 4. The lowest BCUT2D eigenvalue weighted by Crippen LogP contribution is -2.22. The third-order valence-corrected chi connectivity index (χ3v) is 1.06. The van der Waals surface area contributed by atoms with Crippen molar-refractivity contribution in [3.8, 4) is 0 Å². The molecule has 0 amide bonds. The summed E-state index contributed by atoms with van der Waals surface area (Å²) < 4.78 is 1.53. The van der Waals surface area contributed by atoms with Gasteiger partial charge in [-0.2, -0.15) is 5.10 Å². The zero-order valence-corrected chi connectivity index (χ0v) is 7.57. The summed E-state index contributed by atoms with van der Waals surface area (Å²) in [4.78, 5) is 12.3. The lowest BCUT2D eigenvalue weighted by Gasteiger charge is -1.96. The van der Waals surface area contributed by atoms with Crippen LogP contribution >= 0.6 is 0 Å². The van der Waals surface area contributed by atoms with E-state index in [0.717, 1.165) is 0 Å².